The number of nitrogens with zero attached hydrogens (tertiary/aromatic N) is 2. The van der Waals surface area contributed by atoms with Crippen molar-refractivity contribution in [2.75, 3.05) is 6.54 Å². The van der Waals surface area contributed by atoms with Crippen LogP contribution >= 0.6 is 0 Å². The summed E-state index contributed by atoms with van der Waals surface area (Å²) in [6, 6.07) is 0.369. The molecule has 0 saturated heterocycles. The molecule has 114 valence electrons. The van der Waals surface area contributed by atoms with Gasteiger partial charge in [0.05, 0.1) is 11.7 Å². The molecule has 5 nitrogen and oxygen atoms in total. The third kappa shape index (κ3) is 3.61. The van der Waals surface area contributed by atoms with Gasteiger partial charge < -0.3 is 0 Å². The predicted octanol–water partition coefficient (Wildman–Crippen LogP) is 2.63. The van der Waals surface area contributed by atoms with E-state index in [-0.39, 0.29) is 0 Å². The zero-order chi connectivity index (χ0) is 14.8. The van der Waals surface area contributed by atoms with E-state index in [0.29, 0.717) is 29.1 Å². The lowest BCUT2D eigenvalue weighted by Gasteiger charge is -2.09. The van der Waals surface area contributed by atoms with Crippen molar-refractivity contribution in [2.45, 2.75) is 63.8 Å². The second-order valence-electron chi connectivity index (χ2n) is 6.08. The fourth-order valence-corrected chi connectivity index (χ4v) is 3.86. The molecule has 1 heterocycles. The largest absolute Gasteiger partial charge is 0.268 e. The Morgan fingerprint density at radius 3 is 2.65 bits per heavy atom. The minimum Gasteiger partial charge on any atom is -0.268 e. The first-order chi connectivity index (χ1) is 9.40. The molecule has 2 rings (SSSR count). The summed E-state index contributed by atoms with van der Waals surface area (Å²) in [7, 11) is -3.43. The van der Waals surface area contributed by atoms with Crippen LogP contribution in [-0.2, 0) is 10.0 Å². The predicted molar refractivity (Wildman–Crippen MR) is 79.1 cm³/mol. The number of hydrogen-bond acceptors (Lipinski definition) is 3. The summed E-state index contributed by atoms with van der Waals surface area (Å²) in [5.41, 5.74) is 0.592. The normalized spacial score (nSPS) is 17.2. The molecule has 0 aliphatic heterocycles. The summed E-state index contributed by atoms with van der Waals surface area (Å²) in [5, 5.41) is 4.40. The van der Waals surface area contributed by atoms with Crippen LogP contribution in [0.15, 0.2) is 11.1 Å². The van der Waals surface area contributed by atoms with Crippen molar-refractivity contribution in [3.05, 3.63) is 11.9 Å². The SMILES string of the molecule is Cc1nn(C2CCCC2)cc1S(=O)(=O)NCCC(C)C. The first-order valence-electron chi connectivity index (χ1n) is 7.45. The highest BCUT2D eigenvalue weighted by atomic mass is 32.2. The lowest BCUT2D eigenvalue weighted by Crippen LogP contribution is -2.25. The molecule has 1 aliphatic carbocycles. The number of hydrogen-bond donors (Lipinski definition) is 1. The van der Waals surface area contributed by atoms with Gasteiger partial charge in [-0.15, -0.1) is 0 Å². The average molecular weight is 299 g/mol. The van der Waals surface area contributed by atoms with Gasteiger partial charge in [-0.05, 0) is 32.1 Å². The average Bonchev–Trinajstić information content (AvgIpc) is 2.96. The Morgan fingerprint density at radius 1 is 1.40 bits per heavy atom. The second-order valence-corrected chi connectivity index (χ2v) is 7.81. The summed E-state index contributed by atoms with van der Waals surface area (Å²) >= 11 is 0. The van der Waals surface area contributed by atoms with Crippen molar-refractivity contribution < 1.29 is 8.42 Å². The Kier molecular flexibility index (Phi) is 4.86. The number of nitrogens with one attached hydrogen (secondary N) is 1. The van der Waals surface area contributed by atoms with E-state index in [9.17, 15) is 8.42 Å². The molecule has 0 atom stereocenters. The molecule has 20 heavy (non-hydrogen) atoms. The zero-order valence-corrected chi connectivity index (χ0v) is 13.4. The van der Waals surface area contributed by atoms with E-state index in [1.165, 1.54) is 12.8 Å². The first kappa shape index (κ1) is 15.5. The van der Waals surface area contributed by atoms with Crippen LogP contribution in [0.4, 0.5) is 0 Å². The molecule has 1 aromatic heterocycles. The van der Waals surface area contributed by atoms with Crippen LogP contribution in [0.25, 0.3) is 0 Å². The molecule has 6 heteroatoms. The molecule has 0 amide bonds. The minimum absolute atomic E-state index is 0.327. The maximum Gasteiger partial charge on any atom is 0.243 e. The van der Waals surface area contributed by atoms with E-state index in [1.807, 2.05) is 4.68 Å². The van der Waals surface area contributed by atoms with Crippen molar-refractivity contribution in [3.8, 4) is 0 Å². The highest BCUT2D eigenvalue weighted by Gasteiger charge is 2.24. The van der Waals surface area contributed by atoms with Crippen molar-refractivity contribution in [1.29, 1.82) is 0 Å². The molecule has 1 fully saturated rings. The smallest absolute Gasteiger partial charge is 0.243 e. The highest BCUT2D eigenvalue weighted by molar-refractivity contribution is 7.89. The maximum absolute atomic E-state index is 12.3. The molecule has 0 unspecified atom stereocenters. The van der Waals surface area contributed by atoms with E-state index in [0.717, 1.165) is 19.3 Å². The maximum atomic E-state index is 12.3. The standard InChI is InChI=1S/C14H25N3O2S/c1-11(2)8-9-15-20(18,19)14-10-17(16-12(14)3)13-6-4-5-7-13/h10-11,13,15H,4-9H2,1-3H3. The summed E-state index contributed by atoms with van der Waals surface area (Å²) in [5.74, 6) is 0.486. The summed E-state index contributed by atoms with van der Waals surface area (Å²) in [4.78, 5) is 0.327. The monoisotopic (exact) mass is 299 g/mol. The molecule has 0 aromatic carbocycles. The second kappa shape index (κ2) is 6.26. The van der Waals surface area contributed by atoms with Crippen molar-refractivity contribution in [3.63, 3.8) is 0 Å². The lowest BCUT2D eigenvalue weighted by molar-refractivity contribution is 0.464. The number of sulfonamides is 1. The van der Waals surface area contributed by atoms with Gasteiger partial charge in [-0.3, -0.25) is 4.68 Å². The van der Waals surface area contributed by atoms with Crippen LogP contribution in [0.5, 0.6) is 0 Å². The van der Waals surface area contributed by atoms with E-state index < -0.39 is 10.0 Å². The zero-order valence-electron chi connectivity index (χ0n) is 12.6. The Bertz CT molecular complexity index is 543. The number of aromatic nitrogens is 2. The van der Waals surface area contributed by atoms with Crippen LogP contribution in [0.3, 0.4) is 0 Å². The van der Waals surface area contributed by atoms with Gasteiger partial charge >= 0.3 is 0 Å². The van der Waals surface area contributed by atoms with Gasteiger partial charge in [0.25, 0.3) is 0 Å². The Balaban J connectivity index is 2.10. The molecule has 0 spiro atoms. The molecule has 1 aliphatic rings. The molecule has 1 aromatic rings. The van der Waals surface area contributed by atoms with Gasteiger partial charge in [0.1, 0.15) is 4.90 Å². The van der Waals surface area contributed by atoms with Gasteiger partial charge in [0.2, 0.25) is 10.0 Å². The topological polar surface area (TPSA) is 64.0 Å². The molecular formula is C14H25N3O2S. The van der Waals surface area contributed by atoms with Crippen LogP contribution in [0, 0.1) is 12.8 Å². The van der Waals surface area contributed by atoms with E-state index in [2.05, 4.69) is 23.7 Å². The van der Waals surface area contributed by atoms with Crippen LogP contribution < -0.4 is 4.72 Å². The van der Waals surface area contributed by atoms with E-state index in [4.69, 9.17) is 0 Å². The van der Waals surface area contributed by atoms with Crippen molar-refractivity contribution in [1.82, 2.24) is 14.5 Å². The van der Waals surface area contributed by atoms with Gasteiger partial charge in [-0.25, -0.2) is 13.1 Å². The fraction of sp³-hybridized carbons (Fsp3) is 0.786. The minimum atomic E-state index is -3.43. The molecule has 1 saturated carbocycles. The Morgan fingerprint density at radius 2 is 2.05 bits per heavy atom. The molecule has 0 bridgehead atoms. The highest BCUT2D eigenvalue weighted by Crippen LogP contribution is 2.30. The van der Waals surface area contributed by atoms with E-state index in [1.54, 1.807) is 13.1 Å². The quantitative estimate of drug-likeness (QED) is 0.878. The first-order valence-corrected chi connectivity index (χ1v) is 8.94. The lowest BCUT2D eigenvalue weighted by atomic mass is 10.1. The Hall–Kier alpha value is -0.880. The third-order valence-electron chi connectivity index (χ3n) is 3.87. The fourth-order valence-electron chi connectivity index (χ4n) is 2.64. The summed E-state index contributed by atoms with van der Waals surface area (Å²) in [6.45, 7) is 6.41. The van der Waals surface area contributed by atoms with Crippen LogP contribution in [0.1, 0.15) is 57.7 Å². The molecule has 1 N–H and O–H groups in total. The van der Waals surface area contributed by atoms with Crippen molar-refractivity contribution in [2.24, 2.45) is 5.92 Å². The van der Waals surface area contributed by atoms with Gasteiger partial charge in [-0.2, -0.15) is 5.10 Å². The number of rotatable bonds is 6. The summed E-state index contributed by atoms with van der Waals surface area (Å²) in [6.07, 6.45) is 7.15. The summed E-state index contributed by atoms with van der Waals surface area (Å²) < 4.78 is 29.1. The molecule has 0 radical (unpaired) electrons. The molecular weight excluding hydrogens is 274 g/mol. The van der Waals surface area contributed by atoms with Crippen molar-refractivity contribution >= 4 is 10.0 Å². The van der Waals surface area contributed by atoms with Crippen LogP contribution in [-0.4, -0.2) is 24.7 Å². The number of aryl methyl sites for hydroxylation is 1. The third-order valence-corrected chi connectivity index (χ3v) is 5.44. The Labute approximate surface area is 121 Å². The van der Waals surface area contributed by atoms with Crippen LogP contribution in [0.2, 0.25) is 0 Å². The van der Waals surface area contributed by atoms with Gasteiger partial charge in [0.15, 0.2) is 0 Å². The van der Waals surface area contributed by atoms with Gasteiger partial charge in [-0.1, -0.05) is 26.7 Å². The van der Waals surface area contributed by atoms with E-state index >= 15 is 0 Å². The van der Waals surface area contributed by atoms with Gasteiger partial charge in [0, 0.05) is 12.7 Å².